The fourth-order valence-corrected chi connectivity index (χ4v) is 4.76. The molecule has 1 fully saturated rings. The fraction of sp³-hybridized carbons (Fsp3) is 0.258. The lowest BCUT2D eigenvalue weighted by atomic mass is 10.1. The van der Waals surface area contributed by atoms with E-state index in [-0.39, 0.29) is 5.91 Å². The highest BCUT2D eigenvalue weighted by atomic mass is 16.5. The van der Waals surface area contributed by atoms with Gasteiger partial charge < -0.3 is 14.4 Å². The summed E-state index contributed by atoms with van der Waals surface area (Å²) < 4.78 is 12.7. The molecule has 9 heteroatoms. The first-order chi connectivity index (χ1) is 19.6. The van der Waals surface area contributed by atoms with E-state index in [1.807, 2.05) is 60.8 Å². The highest BCUT2D eigenvalue weighted by Gasteiger charge is 2.18. The molecule has 4 aromatic rings. The van der Waals surface area contributed by atoms with Gasteiger partial charge in [-0.2, -0.15) is 10.2 Å². The van der Waals surface area contributed by atoms with Crippen molar-refractivity contribution in [3.05, 3.63) is 90.6 Å². The van der Waals surface area contributed by atoms with E-state index in [1.165, 1.54) is 5.69 Å². The largest absolute Gasteiger partial charge is 0.493 e. The number of methoxy groups -OCH3 is 2. The van der Waals surface area contributed by atoms with E-state index in [0.29, 0.717) is 30.2 Å². The van der Waals surface area contributed by atoms with Gasteiger partial charge in [0.25, 0.3) is 0 Å². The van der Waals surface area contributed by atoms with Crippen LogP contribution in [0, 0.1) is 0 Å². The summed E-state index contributed by atoms with van der Waals surface area (Å²) in [5, 5.41) is 9.08. The van der Waals surface area contributed by atoms with Gasteiger partial charge in [-0.15, -0.1) is 0 Å². The molecule has 40 heavy (non-hydrogen) atoms. The molecule has 1 N–H and O–H groups in total. The summed E-state index contributed by atoms with van der Waals surface area (Å²) in [5.41, 5.74) is 7.16. The van der Waals surface area contributed by atoms with E-state index in [0.717, 1.165) is 43.0 Å². The molecule has 0 atom stereocenters. The van der Waals surface area contributed by atoms with Crippen LogP contribution in [0.1, 0.15) is 12.0 Å². The Balaban J connectivity index is 1.22. The van der Waals surface area contributed by atoms with Crippen molar-refractivity contribution >= 4 is 17.8 Å². The highest BCUT2D eigenvalue weighted by Crippen LogP contribution is 2.33. The Hall–Kier alpha value is -4.63. The minimum Gasteiger partial charge on any atom is -0.493 e. The topological polar surface area (TPSA) is 84.2 Å². The quantitative estimate of drug-likeness (QED) is 0.241. The number of hydrogen-bond acceptors (Lipinski definition) is 7. The number of benzene rings is 3. The average Bonchev–Trinajstić information content (AvgIpc) is 3.45. The summed E-state index contributed by atoms with van der Waals surface area (Å²) in [6, 6.07) is 25.9. The summed E-state index contributed by atoms with van der Waals surface area (Å²) >= 11 is 0. The normalized spacial score (nSPS) is 13.9. The van der Waals surface area contributed by atoms with Gasteiger partial charge in [0.15, 0.2) is 11.5 Å². The lowest BCUT2D eigenvalue weighted by Crippen LogP contribution is -2.47. The van der Waals surface area contributed by atoms with Crippen LogP contribution in [0.3, 0.4) is 0 Å². The highest BCUT2D eigenvalue weighted by molar-refractivity contribution is 5.90. The van der Waals surface area contributed by atoms with Gasteiger partial charge in [-0.25, -0.2) is 10.1 Å². The molecule has 1 aromatic heterocycles. The second-order valence-corrected chi connectivity index (χ2v) is 9.49. The molecule has 0 radical (unpaired) electrons. The molecule has 206 valence electrons. The van der Waals surface area contributed by atoms with Gasteiger partial charge >= 0.3 is 0 Å². The summed E-state index contributed by atoms with van der Waals surface area (Å²) in [6.45, 7) is 4.46. The minimum absolute atomic E-state index is 0.121. The van der Waals surface area contributed by atoms with Crippen molar-refractivity contribution in [3.8, 4) is 28.4 Å². The number of anilines is 1. The molecular weight excluding hydrogens is 504 g/mol. The third-order valence-electron chi connectivity index (χ3n) is 6.96. The molecule has 9 nitrogen and oxygen atoms in total. The summed E-state index contributed by atoms with van der Waals surface area (Å²) in [5.74, 6) is 1.12. The Morgan fingerprint density at radius 2 is 1.57 bits per heavy atom. The first-order valence-electron chi connectivity index (χ1n) is 13.4. The van der Waals surface area contributed by atoms with Gasteiger partial charge in [-0.05, 0) is 42.5 Å². The number of aromatic nitrogens is 2. The number of amides is 1. The second kappa shape index (κ2) is 12.9. The molecule has 1 aliphatic rings. The second-order valence-electron chi connectivity index (χ2n) is 9.49. The van der Waals surface area contributed by atoms with Crippen LogP contribution in [0.15, 0.2) is 90.2 Å². The molecule has 0 saturated carbocycles. The van der Waals surface area contributed by atoms with Gasteiger partial charge in [0.1, 0.15) is 5.69 Å². The van der Waals surface area contributed by atoms with Gasteiger partial charge in [0, 0.05) is 62.2 Å². The Morgan fingerprint density at radius 3 is 2.25 bits per heavy atom. The average molecular weight is 539 g/mol. The lowest BCUT2D eigenvalue weighted by Gasteiger charge is -2.36. The molecule has 0 unspecified atom stereocenters. The van der Waals surface area contributed by atoms with Crippen molar-refractivity contribution in [2.75, 3.05) is 51.8 Å². The van der Waals surface area contributed by atoms with Crippen LogP contribution in [-0.4, -0.2) is 73.7 Å². The van der Waals surface area contributed by atoms with E-state index in [4.69, 9.17) is 14.6 Å². The van der Waals surface area contributed by atoms with Crippen LogP contribution in [0.5, 0.6) is 11.5 Å². The van der Waals surface area contributed by atoms with E-state index >= 15 is 0 Å². The standard InChI is InChI=1S/C31H34N6O3/c1-39-28-14-13-24(21-29(28)40-2)31-25(23-37(34-31)27-11-7-4-8-12-27)22-32-33-30(38)15-16-35-17-19-36(20-18-35)26-9-5-3-6-10-26/h3-14,21-23H,15-20H2,1-2H3,(H,33,38)/b32-22-. The number of hydrazone groups is 1. The summed E-state index contributed by atoms with van der Waals surface area (Å²) in [6.07, 6.45) is 3.91. The number of carbonyl (C=O) groups excluding carboxylic acids is 1. The SMILES string of the molecule is COc1ccc(-c2nn(-c3ccccc3)cc2/C=N\NC(=O)CCN2CCN(c3ccccc3)CC2)cc1OC. The van der Waals surface area contributed by atoms with Gasteiger partial charge in [-0.3, -0.25) is 9.69 Å². The minimum atomic E-state index is -0.121. The smallest absolute Gasteiger partial charge is 0.241 e. The van der Waals surface area contributed by atoms with Gasteiger partial charge in [-0.1, -0.05) is 36.4 Å². The maximum Gasteiger partial charge on any atom is 0.241 e. The molecule has 1 amide bonds. The molecule has 2 heterocycles. The predicted octanol–water partition coefficient (Wildman–Crippen LogP) is 4.22. The van der Waals surface area contributed by atoms with Crippen molar-refractivity contribution < 1.29 is 14.3 Å². The number of hydrogen-bond donors (Lipinski definition) is 1. The van der Waals surface area contributed by atoms with Crippen LogP contribution < -0.4 is 19.8 Å². The summed E-state index contributed by atoms with van der Waals surface area (Å²) in [4.78, 5) is 17.3. The molecule has 1 saturated heterocycles. The monoisotopic (exact) mass is 538 g/mol. The van der Waals surface area contributed by atoms with Crippen molar-refractivity contribution in [3.63, 3.8) is 0 Å². The Labute approximate surface area is 234 Å². The Morgan fingerprint density at radius 1 is 0.900 bits per heavy atom. The molecule has 0 bridgehead atoms. The number of ether oxygens (including phenoxy) is 2. The number of para-hydroxylation sites is 2. The molecule has 0 aliphatic carbocycles. The molecule has 5 rings (SSSR count). The van der Waals surface area contributed by atoms with Gasteiger partial charge in [0.2, 0.25) is 5.91 Å². The lowest BCUT2D eigenvalue weighted by molar-refractivity contribution is -0.121. The number of carbonyl (C=O) groups is 1. The van der Waals surface area contributed by atoms with Crippen molar-refractivity contribution in [2.24, 2.45) is 5.10 Å². The van der Waals surface area contributed by atoms with Crippen LogP contribution in [0.25, 0.3) is 16.9 Å². The van der Waals surface area contributed by atoms with E-state index in [1.54, 1.807) is 25.1 Å². The maximum absolute atomic E-state index is 12.6. The Bertz CT molecular complexity index is 1430. The van der Waals surface area contributed by atoms with Crippen LogP contribution in [0.4, 0.5) is 5.69 Å². The van der Waals surface area contributed by atoms with Crippen LogP contribution >= 0.6 is 0 Å². The third kappa shape index (κ3) is 6.50. The Kier molecular flexibility index (Phi) is 8.73. The van der Waals surface area contributed by atoms with Crippen molar-refractivity contribution in [1.82, 2.24) is 20.1 Å². The van der Waals surface area contributed by atoms with E-state index in [9.17, 15) is 4.79 Å². The number of piperazine rings is 1. The zero-order chi connectivity index (χ0) is 27.7. The molecular formula is C31H34N6O3. The first kappa shape index (κ1) is 27.0. The zero-order valence-corrected chi connectivity index (χ0v) is 22.9. The van der Waals surface area contributed by atoms with Crippen LogP contribution in [-0.2, 0) is 4.79 Å². The van der Waals surface area contributed by atoms with Crippen molar-refractivity contribution in [2.45, 2.75) is 6.42 Å². The summed E-state index contributed by atoms with van der Waals surface area (Å²) in [7, 11) is 3.21. The van der Waals surface area contributed by atoms with Crippen molar-refractivity contribution in [1.29, 1.82) is 0 Å². The third-order valence-corrected chi connectivity index (χ3v) is 6.96. The maximum atomic E-state index is 12.6. The van der Waals surface area contributed by atoms with E-state index in [2.05, 4.69) is 44.6 Å². The number of nitrogens with one attached hydrogen (secondary N) is 1. The van der Waals surface area contributed by atoms with E-state index < -0.39 is 0 Å². The molecule has 3 aromatic carbocycles. The first-order valence-corrected chi connectivity index (χ1v) is 13.4. The predicted molar refractivity (Wildman–Crippen MR) is 158 cm³/mol. The number of rotatable bonds is 10. The number of nitrogens with zero attached hydrogens (tertiary/aromatic N) is 5. The zero-order valence-electron chi connectivity index (χ0n) is 22.9. The molecule has 1 aliphatic heterocycles. The van der Waals surface area contributed by atoms with Gasteiger partial charge in [0.05, 0.1) is 26.1 Å². The fourth-order valence-electron chi connectivity index (χ4n) is 4.76. The molecule has 0 spiro atoms. The van der Waals surface area contributed by atoms with Crippen LogP contribution in [0.2, 0.25) is 0 Å².